The fourth-order valence-corrected chi connectivity index (χ4v) is 1.36. The van der Waals surface area contributed by atoms with E-state index in [0.717, 1.165) is 0 Å². The van der Waals surface area contributed by atoms with Crippen LogP contribution >= 0.6 is 15.9 Å². The first kappa shape index (κ1) is 11.7. The molecule has 80 valence electrons. The highest BCUT2D eigenvalue weighted by Gasteiger charge is 2.20. The van der Waals surface area contributed by atoms with Crippen LogP contribution in [0.3, 0.4) is 0 Å². The van der Waals surface area contributed by atoms with Crippen molar-refractivity contribution in [2.45, 2.75) is 6.92 Å². The Balaban J connectivity index is 3.00. The number of phenolic OH excluding ortho intramolecular Hbond substituents is 1. The molecule has 0 aliphatic heterocycles. The Morgan fingerprint density at radius 1 is 1.47 bits per heavy atom. The summed E-state index contributed by atoms with van der Waals surface area (Å²) in [6.07, 6.45) is 0. The molecule has 1 aromatic rings. The van der Waals surface area contributed by atoms with Crippen LogP contribution < -0.4 is 0 Å². The van der Waals surface area contributed by atoms with Gasteiger partial charge >= 0.3 is 5.97 Å². The second kappa shape index (κ2) is 4.93. The number of phenols is 1. The van der Waals surface area contributed by atoms with Gasteiger partial charge < -0.3 is 9.84 Å². The van der Waals surface area contributed by atoms with E-state index in [1.165, 1.54) is 12.1 Å². The highest BCUT2D eigenvalue weighted by atomic mass is 79.9. The van der Waals surface area contributed by atoms with Gasteiger partial charge in [-0.25, -0.2) is 4.79 Å². The van der Waals surface area contributed by atoms with Crippen molar-refractivity contribution in [3.8, 4) is 5.75 Å². The highest BCUT2D eigenvalue weighted by Crippen LogP contribution is 2.22. The molecule has 0 aromatic heterocycles. The molecule has 0 spiro atoms. The molecule has 0 bridgehead atoms. The van der Waals surface area contributed by atoms with Crippen LogP contribution in [-0.4, -0.2) is 23.5 Å². The topological polar surface area (TPSA) is 63.6 Å². The van der Waals surface area contributed by atoms with Gasteiger partial charge in [-0.05, 0) is 25.1 Å². The molecule has 4 nitrogen and oxygen atoms in total. The van der Waals surface area contributed by atoms with Gasteiger partial charge in [0.2, 0.25) is 0 Å². The van der Waals surface area contributed by atoms with Crippen molar-refractivity contribution in [3.05, 3.63) is 28.2 Å². The lowest BCUT2D eigenvalue weighted by atomic mass is 10.1. The molecule has 0 unspecified atom stereocenters. The number of aromatic hydroxyl groups is 1. The maximum absolute atomic E-state index is 11.5. The first-order chi connectivity index (χ1) is 7.06. The van der Waals surface area contributed by atoms with Gasteiger partial charge in [0, 0.05) is 4.47 Å². The maximum atomic E-state index is 11.5. The minimum absolute atomic E-state index is 0.0668. The molecule has 0 atom stereocenters. The lowest BCUT2D eigenvalue weighted by molar-refractivity contribution is -0.137. The number of esters is 1. The number of carbonyl (C=O) groups is 2. The van der Waals surface area contributed by atoms with Crippen LogP contribution in [-0.2, 0) is 9.53 Å². The molecule has 0 aliphatic carbocycles. The van der Waals surface area contributed by atoms with Crippen LogP contribution in [0, 0.1) is 0 Å². The molecule has 0 heterocycles. The molecule has 0 saturated heterocycles. The van der Waals surface area contributed by atoms with Crippen LogP contribution in [0.4, 0.5) is 0 Å². The van der Waals surface area contributed by atoms with E-state index in [0.29, 0.717) is 4.47 Å². The van der Waals surface area contributed by atoms with E-state index in [9.17, 15) is 14.7 Å². The largest absolute Gasteiger partial charge is 0.507 e. The molecule has 1 N–H and O–H groups in total. The summed E-state index contributed by atoms with van der Waals surface area (Å²) >= 11 is 3.14. The Morgan fingerprint density at radius 3 is 2.73 bits per heavy atom. The molecule has 0 fully saturated rings. The van der Waals surface area contributed by atoms with Crippen LogP contribution in [0.15, 0.2) is 22.7 Å². The van der Waals surface area contributed by atoms with Gasteiger partial charge in [-0.3, -0.25) is 4.79 Å². The third-order valence-electron chi connectivity index (χ3n) is 1.66. The third-order valence-corrected chi connectivity index (χ3v) is 2.16. The number of ketones is 1. The number of ether oxygens (including phenoxy) is 1. The van der Waals surface area contributed by atoms with Crippen molar-refractivity contribution < 1.29 is 19.4 Å². The van der Waals surface area contributed by atoms with E-state index < -0.39 is 11.8 Å². The van der Waals surface area contributed by atoms with Gasteiger partial charge in [-0.15, -0.1) is 0 Å². The normalized spacial score (nSPS) is 9.73. The number of rotatable bonds is 3. The summed E-state index contributed by atoms with van der Waals surface area (Å²) < 4.78 is 5.14. The molecular weight excluding hydrogens is 264 g/mol. The van der Waals surface area contributed by atoms with Gasteiger partial charge in [0.05, 0.1) is 12.2 Å². The summed E-state index contributed by atoms with van der Waals surface area (Å²) in [7, 11) is 0. The predicted octanol–water partition coefficient (Wildman–Crippen LogP) is 1.90. The van der Waals surface area contributed by atoms with Crippen LogP contribution in [0.5, 0.6) is 5.75 Å². The second-order valence-electron chi connectivity index (χ2n) is 2.71. The summed E-state index contributed by atoms with van der Waals surface area (Å²) in [5.41, 5.74) is -0.0668. The molecule has 0 amide bonds. The monoisotopic (exact) mass is 272 g/mol. The fourth-order valence-electron chi connectivity index (χ4n) is 0.997. The standard InChI is InChI=1S/C10H9BrO4/c1-2-15-10(14)9(13)7-5-6(11)3-4-8(7)12/h3-5,12H,2H2,1H3. The number of hydrogen-bond acceptors (Lipinski definition) is 4. The molecule has 0 radical (unpaired) electrons. The Kier molecular flexibility index (Phi) is 3.85. The van der Waals surface area contributed by atoms with Gasteiger partial charge in [0.25, 0.3) is 5.78 Å². The molecular formula is C10H9BrO4. The zero-order chi connectivity index (χ0) is 11.4. The summed E-state index contributed by atoms with van der Waals surface area (Å²) in [6, 6.07) is 4.27. The number of carbonyl (C=O) groups excluding carboxylic acids is 2. The number of hydrogen-bond donors (Lipinski definition) is 1. The summed E-state index contributed by atoms with van der Waals surface area (Å²) in [4.78, 5) is 22.6. The molecule has 5 heteroatoms. The Hall–Kier alpha value is -1.36. The lowest BCUT2D eigenvalue weighted by Crippen LogP contribution is -2.17. The molecule has 15 heavy (non-hydrogen) atoms. The average Bonchev–Trinajstić information content (AvgIpc) is 2.21. The quantitative estimate of drug-likeness (QED) is 0.519. The second-order valence-corrected chi connectivity index (χ2v) is 3.63. The number of benzene rings is 1. The van der Waals surface area contributed by atoms with Crippen molar-refractivity contribution >= 4 is 27.7 Å². The SMILES string of the molecule is CCOC(=O)C(=O)c1cc(Br)ccc1O. The zero-order valence-corrected chi connectivity index (χ0v) is 9.58. The van der Waals surface area contributed by atoms with Crippen molar-refractivity contribution in [1.82, 2.24) is 0 Å². The highest BCUT2D eigenvalue weighted by molar-refractivity contribution is 9.10. The van der Waals surface area contributed by atoms with Crippen molar-refractivity contribution in [1.29, 1.82) is 0 Å². The van der Waals surface area contributed by atoms with Crippen molar-refractivity contribution in [3.63, 3.8) is 0 Å². The van der Waals surface area contributed by atoms with Gasteiger partial charge in [-0.1, -0.05) is 15.9 Å². The average molecular weight is 273 g/mol. The van der Waals surface area contributed by atoms with Crippen LogP contribution in [0.25, 0.3) is 0 Å². The van der Waals surface area contributed by atoms with Crippen LogP contribution in [0.1, 0.15) is 17.3 Å². The predicted molar refractivity (Wildman–Crippen MR) is 56.8 cm³/mol. The lowest BCUT2D eigenvalue weighted by Gasteiger charge is -2.03. The summed E-state index contributed by atoms with van der Waals surface area (Å²) in [5, 5.41) is 9.37. The Morgan fingerprint density at radius 2 is 2.13 bits per heavy atom. The summed E-state index contributed by atoms with van der Waals surface area (Å²) in [6.45, 7) is 1.73. The maximum Gasteiger partial charge on any atom is 0.379 e. The van der Waals surface area contributed by atoms with Gasteiger partial charge in [0.1, 0.15) is 5.75 Å². The number of Topliss-reactive ketones (excluding diaryl/α,β-unsaturated/α-hetero) is 1. The summed E-state index contributed by atoms with van der Waals surface area (Å²) in [5.74, 6) is -2.06. The third kappa shape index (κ3) is 2.79. The van der Waals surface area contributed by atoms with Gasteiger partial charge in [0.15, 0.2) is 0 Å². The number of halogens is 1. The molecule has 0 aliphatic rings. The Labute approximate surface area is 95.0 Å². The van der Waals surface area contributed by atoms with Gasteiger partial charge in [-0.2, -0.15) is 0 Å². The van der Waals surface area contributed by atoms with E-state index in [1.54, 1.807) is 13.0 Å². The van der Waals surface area contributed by atoms with Crippen molar-refractivity contribution in [2.24, 2.45) is 0 Å². The first-order valence-corrected chi connectivity index (χ1v) is 5.05. The molecule has 0 saturated carbocycles. The van der Waals surface area contributed by atoms with E-state index in [1.807, 2.05) is 0 Å². The smallest absolute Gasteiger partial charge is 0.379 e. The molecule has 1 aromatic carbocycles. The first-order valence-electron chi connectivity index (χ1n) is 4.26. The Bertz CT molecular complexity index is 400. The molecule has 1 rings (SSSR count). The van der Waals surface area contributed by atoms with Crippen molar-refractivity contribution in [2.75, 3.05) is 6.61 Å². The van der Waals surface area contributed by atoms with E-state index >= 15 is 0 Å². The van der Waals surface area contributed by atoms with E-state index in [2.05, 4.69) is 20.7 Å². The van der Waals surface area contributed by atoms with E-state index in [-0.39, 0.29) is 17.9 Å². The minimum Gasteiger partial charge on any atom is -0.507 e. The fraction of sp³-hybridized carbons (Fsp3) is 0.200. The minimum atomic E-state index is -0.967. The zero-order valence-electron chi connectivity index (χ0n) is 7.99. The van der Waals surface area contributed by atoms with Crippen LogP contribution in [0.2, 0.25) is 0 Å². The van der Waals surface area contributed by atoms with E-state index in [4.69, 9.17) is 0 Å².